The molecule has 2 aromatic carbocycles. The van der Waals surface area contributed by atoms with E-state index in [2.05, 4.69) is 38.1 Å². The van der Waals surface area contributed by atoms with Crippen molar-refractivity contribution in [2.24, 2.45) is 5.92 Å². The van der Waals surface area contributed by atoms with Gasteiger partial charge in [-0.3, -0.25) is 4.90 Å². The molecule has 1 fully saturated rings. The first-order chi connectivity index (χ1) is 10.6. The number of cyclic esters (lactones) is 1. The third-order valence-electron chi connectivity index (χ3n) is 3.96. The van der Waals surface area contributed by atoms with Crippen LogP contribution < -0.4 is 4.90 Å². The quantitative estimate of drug-likeness (QED) is 0.816. The van der Waals surface area contributed by atoms with Gasteiger partial charge in [-0.1, -0.05) is 56.3 Å². The largest absolute Gasteiger partial charge is 0.447 e. The van der Waals surface area contributed by atoms with E-state index in [1.54, 1.807) is 4.90 Å². The maximum Gasteiger partial charge on any atom is 0.414 e. The lowest BCUT2D eigenvalue weighted by molar-refractivity contribution is 0.178. The van der Waals surface area contributed by atoms with Gasteiger partial charge in [-0.25, -0.2) is 4.79 Å². The molecule has 1 unspecified atom stereocenters. The number of hydrogen-bond acceptors (Lipinski definition) is 2. The number of hydrogen-bond donors (Lipinski definition) is 0. The summed E-state index contributed by atoms with van der Waals surface area (Å²) in [6, 6.07) is 18.5. The zero-order valence-electron chi connectivity index (χ0n) is 13.0. The normalized spacial score (nSPS) is 17.9. The Bertz CT molecular complexity index is 634. The minimum Gasteiger partial charge on any atom is -0.447 e. The Morgan fingerprint density at radius 3 is 2.32 bits per heavy atom. The van der Waals surface area contributed by atoms with Crippen LogP contribution in [0.25, 0.3) is 11.1 Å². The molecule has 2 aromatic rings. The van der Waals surface area contributed by atoms with Gasteiger partial charge in [-0.2, -0.15) is 0 Å². The number of carbonyl (C=O) groups is 1. The fraction of sp³-hybridized carbons (Fsp3) is 0.316. The van der Waals surface area contributed by atoms with E-state index < -0.39 is 0 Å². The summed E-state index contributed by atoms with van der Waals surface area (Å²) in [5.41, 5.74) is 3.24. The summed E-state index contributed by atoms with van der Waals surface area (Å²) in [7, 11) is 0. The molecule has 3 rings (SSSR count). The highest BCUT2D eigenvalue weighted by atomic mass is 16.6. The summed E-state index contributed by atoms with van der Waals surface area (Å²) < 4.78 is 5.24. The Hall–Kier alpha value is -2.29. The molecule has 0 saturated carbocycles. The minimum absolute atomic E-state index is 0.134. The lowest BCUT2D eigenvalue weighted by Gasteiger charge is -2.23. The topological polar surface area (TPSA) is 29.5 Å². The number of anilines is 1. The molecule has 3 heteroatoms. The second-order valence-electron chi connectivity index (χ2n) is 6.14. The van der Waals surface area contributed by atoms with E-state index >= 15 is 0 Å². The number of benzene rings is 2. The lowest BCUT2D eigenvalue weighted by Crippen LogP contribution is -2.34. The summed E-state index contributed by atoms with van der Waals surface area (Å²) in [6.45, 7) is 4.82. The van der Waals surface area contributed by atoms with Crippen molar-refractivity contribution in [1.82, 2.24) is 0 Å². The van der Waals surface area contributed by atoms with Crippen LogP contribution in [0.5, 0.6) is 0 Å². The number of ether oxygens (including phenoxy) is 1. The van der Waals surface area contributed by atoms with Crippen molar-refractivity contribution >= 4 is 11.8 Å². The predicted octanol–water partition coefficient (Wildman–Crippen LogP) is 4.72. The highest BCUT2D eigenvalue weighted by Crippen LogP contribution is 2.29. The predicted molar refractivity (Wildman–Crippen MR) is 88.9 cm³/mol. The van der Waals surface area contributed by atoms with Crippen LogP contribution in [-0.4, -0.2) is 18.7 Å². The van der Waals surface area contributed by atoms with Crippen molar-refractivity contribution in [3.8, 4) is 11.1 Å². The van der Waals surface area contributed by atoms with Crippen LogP contribution in [0.1, 0.15) is 20.3 Å². The van der Waals surface area contributed by atoms with E-state index in [1.807, 2.05) is 30.3 Å². The molecule has 1 aliphatic rings. The Morgan fingerprint density at radius 2 is 1.68 bits per heavy atom. The third kappa shape index (κ3) is 2.98. The number of carbonyl (C=O) groups excluding carboxylic acids is 1. The highest BCUT2D eigenvalue weighted by molar-refractivity contribution is 5.90. The molecule has 1 atom stereocenters. The Kier molecular flexibility index (Phi) is 4.14. The van der Waals surface area contributed by atoms with Gasteiger partial charge >= 0.3 is 6.09 Å². The zero-order chi connectivity index (χ0) is 15.5. The Labute approximate surface area is 131 Å². The van der Waals surface area contributed by atoms with Crippen LogP contribution in [-0.2, 0) is 4.74 Å². The fourth-order valence-electron chi connectivity index (χ4n) is 2.94. The summed E-state index contributed by atoms with van der Waals surface area (Å²) in [5, 5.41) is 0. The first kappa shape index (κ1) is 14.6. The van der Waals surface area contributed by atoms with Gasteiger partial charge in [0, 0.05) is 5.69 Å². The van der Waals surface area contributed by atoms with Gasteiger partial charge in [0.25, 0.3) is 0 Å². The maximum atomic E-state index is 12.0. The molecule has 0 bridgehead atoms. The molecular formula is C19H21NO2. The van der Waals surface area contributed by atoms with Gasteiger partial charge in [0.1, 0.15) is 6.61 Å². The minimum atomic E-state index is -0.238. The summed E-state index contributed by atoms with van der Waals surface area (Å²) in [5.74, 6) is 0.533. The van der Waals surface area contributed by atoms with Crippen LogP contribution in [0.3, 0.4) is 0 Å². The van der Waals surface area contributed by atoms with Gasteiger partial charge in [0.2, 0.25) is 0 Å². The van der Waals surface area contributed by atoms with E-state index in [0.29, 0.717) is 12.5 Å². The molecule has 0 aliphatic carbocycles. The first-order valence-electron chi connectivity index (χ1n) is 7.76. The standard InChI is InChI=1S/C19H21NO2/c1-14(2)12-18-13-22-19(21)20(18)17-10-8-16(9-11-17)15-6-4-3-5-7-15/h3-11,14,18H,12-13H2,1-2H3. The number of amides is 1. The molecule has 1 saturated heterocycles. The van der Waals surface area contributed by atoms with E-state index in [0.717, 1.165) is 17.7 Å². The smallest absolute Gasteiger partial charge is 0.414 e. The molecule has 0 spiro atoms. The fourth-order valence-corrected chi connectivity index (χ4v) is 2.94. The van der Waals surface area contributed by atoms with Crippen molar-refractivity contribution in [3.05, 3.63) is 54.6 Å². The maximum absolute atomic E-state index is 12.0. The van der Waals surface area contributed by atoms with Crippen molar-refractivity contribution in [1.29, 1.82) is 0 Å². The van der Waals surface area contributed by atoms with Crippen LogP contribution in [0.4, 0.5) is 10.5 Å². The van der Waals surface area contributed by atoms with E-state index in [4.69, 9.17) is 4.74 Å². The number of nitrogens with zero attached hydrogens (tertiary/aromatic N) is 1. The molecule has 0 N–H and O–H groups in total. The summed E-state index contributed by atoms with van der Waals surface area (Å²) in [4.78, 5) is 13.8. The SMILES string of the molecule is CC(C)CC1COC(=O)N1c1ccc(-c2ccccc2)cc1. The Morgan fingerprint density at radius 1 is 1.05 bits per heavy atom. The van der Waals surface area contributed by atoms with Crippen molar-refractivity contribution < 1.29 is 9.53 Å². The van der Waals surface area contributed by atoms with Crippen molar-refractivity contribution in [3.63, 3.8) is 0 Å². The highest BCUT2D eigenvalue weighted by Gasteiger charge is 2.34. The van der Waals surface area contributed by atoms with Gasteiger partial charge < -0.3 is 4.74 Å². The second kappa shape index (κ2) is 6.22. The van der Waals surface area contributed by atoms with Crippen LogP contribution in [0, 0.1) is 5.92 Å². The second-order valence-corrected chi connectivity index (χ2v) is 6.14. The molecule has 0 aromatic heterocycles. The van der Waals surface area contributed by atoms with Gasteiger partial charge in [0.05, 0.1) is 6.04 Å². The molecular weight excluding hydrogens is 274 g/mol. The van der Waals surface area contributed by atoms with Crippen LogP contribution >= 0.6 is 0 Å². The van der Waals surface area contributed by atoms with Crippen LogP contribution in [0.15, 0.2) is 54.6 Å². The molecule has 1 heterocycles. The van der Waals surface area contributed by atoms with E-state index in [-0.39, 0.29) is 12.1 Å². The zero-order valence-corrected chi connectivity index (χ0v) is 13.0. The van der Waals surface area contributed by atoms with Gasteiger partial charge in [-0.15, -0.1) is 0 Å². The van der Waals surface area contributed by atoms with E-state index in [9.17, 15) is 4.79 Å². The van der Waals surface area contributed by atoms with E-state index in [1.165, 1.54) is 5.56 Å². The molecule has 1 amide bonds. The van der Waals surface area contributed by atoms with Crippen LogP contribution in [0.2, 0.25) is 0 Å². The average Bonchev–Trinajstić information content (AvgIpc) is 2.88. The molecule has 114 valence electrons. The van der Waals surface area contributed by atoms with Crippen molar-refractivity contribution in [2.75, 3.05) is 11.5 Å². The molecule has 22 heavy (non-hydrogen) atoms. The lowest BCUT2D eigenvalue weighted by atomic mass is 10.0. The summed E-state index contributed by atoms with van der Waals surface area (Å²) in [6.07, 6.45) is 0.713. The van der Waals surface area contributed by atoms with Gasteiger partial charge in [-0.05, 0) is 35.6 Å². The molecule has 3 nitrogen and oxygen atoms in total. The first-order valence-corrected chi connectivity index (χ1v) is 7.76. The van der Waals surface area contributed by atoms with Crippen molar-refractivity contribution in [2.45, 2.75) is 26.3 Å². The average molecular weight is 295 g/mol. The summed E-state index contributed by atoms with van der Waals surface area (Å²) >= 11 is 0. The Balaban J connectivity index is 1.84. The molecule has 0 radical (unpaired) electrons. The number of rotatable bonds is 4. The van der Waals surface area contributed by atoms with Gasteiger partial charge in [0.15, 0.2) is 0 Å². The monoisotopic (exact) mass is 295 g/mol. The third-order valence-corrected chi connectivity index (χ3v) is 3.96. The molecule has 1 aliphatic heterocycles.